The van der Waals surface area contributed by atoms with E-state index in [1.54, 1.807) is 11.0 Å². The van der Waals surface area contributed by atoms with E-state index in [4.69, 9.17) is 5.11 Å². The third kappa shape index (κ3) is 4.09. The maximum atomic E-state index is 10.6. The van der Waals surface area contributed by atoms with Gasteiger partial charge < -0.3 is 5.11 Å². The van der Waals surface area contributed by atoms with E-state index in [1.165, 1.54) is 0 Å². The average molecular weight is 289 g/mol. The molecule has 2 rings (SSSR count). The lowest BCUT2D eigenvalue weighted by Crippen LogP contribution is -2.24. The number of benzene rings is 1. The second kappa shape index (κ2) is 6.94. The van der Waals surface area contributed by atoms with Crippen molar-refractivity contribution in [3.63, 3.8) is 0 Å². The summed E-state index contributed by atoms with van der Waals surface area (Å²) in [6, 6.07) is 8.18. The molecule has 0 aliphatic carbocycles. The minimum absolute atomic E-state index is 0.190. The number of aliphatic carboxylic acids is 1. The van der Waals surface area contributed by atoms with E-state index in [9.17, 15) is 4.79 Å². The Balaban J connectivity index is 2.03. The molecule has 0 saturated heterocycles. The van der Waals surface area contributed by atoms with Gasteiger partial charge in [-0.1, -0.05) is 12.1 Å². The summed E-state index contributed by atoms with van der Waals surface area (Å²) < 4.78 is 1.61. The summed E-state index contributed by atoms with van der Waals surface area (Å²) in [6.45, 7) is 2.84. The van der Waals surface area contributed by atoms with Gasteiger partial charge in [-0.2, -0.15) is 0 Å². The van der Waals surface area contributed by atoms with E-state index < -0.39 is 5.97 Å². The molecule has 0 spiro atoms. The number of carboxylic acid groups (broad SMARTS) is 1. The Bertz CT molecular complexity index is 585. The minimum atomic E-state index is -0.753. The second-order valence-corrected chi connectivity index (χ2v) is 5.00. The van der Waals surface area contributed by atoms with Gasteiger partial charge in [0.05, 0.1) is 5.69 Å². The zero-order valence-corrected chi connectivity index (χ0v) is 12.2. The maximum absolute atomic E-state index is 10.6. The van der Waals surface area contributed by atoms with Gasteiger partial charge in [0.25, 0.3) is 0 Å². The fourth-order valence-electron chi connectivity index (χ4n) is 2.13. The average Bonchev–Trinajstić information content (AvgIpc) is 3.00. The van der Waals surface area contributed by atoms with Crippen LogP contribution in [0.4, 0.5) is 0 Å². The summed E-state index contributed by atoms with van der Waals surface area (Å²) in [5.74, 6) is -0.753. The highest BCUT2D eigenvalue weighted by Gasteiger charge is 2.13. The molecule has 7 heteroatoms. The molecule has 1 aromatic heterocycles. The van der Waals surface area contributed by atoms with Crippen molar-refractivity contribution in [2.45, 2.75) is 25.8 Å². The van der Waals surface area contributed by atoms with Crippen molar-refractivity contribution in [2.24, 2.45) is 0 Å². The number of carboxylic acids is 1. The Morgan fingerprint density at radius 3 is 2.95 bits per heavy atom. The number of tetrazole rings is 1. The highest BCUT2D eigenvalue weighted by molar-refractivity contribution is 5.66. The zero-order valence-electron chi connectivity index (χ0n) is 12.2. The van der Waals surface area contributed by atoms with Crippen molar-refractivity contribution in [3.05, 3.63) is 36.2 Å². The first kappa shape index (κ1) is 15.1. The van der Waals surface area contributed by atoms with Gasteiger partial charge in [0.1, 0.15) is 6.33 Å². The lowest BCUT2D eigenvalue weighted by atomic mass is 10.1. The number of nitrogens with zero attached hydrogens (tertiary/aromatic N) is 5. The number of hydrogen-bond donors (Lipinski definition) is 1. The predicted octanol–water partition coefficient (Wildman–Crippen LogP) is 1.52. The molecule has 0 fully saturated rings. The summed E-state index contributed by atoms with van der Waals surface area (Å²) in [4.78, 5) is 12.7. The molecule has 0 aliphatic rings. The summed E-state index contributed by atoms with van der Waals surface area (Å²) >= 11 is 0. The summed E-state index contributed by atoms with van der Waals surface area (Å²) in [7, 11) is 2.00. The third-order valence-electron chi connectivity index (χ3n) is 3.53. The van der Waals surface area contributed by atoms with Gasteiger partial charge in [0.2, 0.25) is 0 Å². The van der Waals surface area contributed by atoms with Crippen LogP contribution < -0.4 is 0 Å². The first-order valence-electron chi connectivity index (χ1n) is 6.83. The molecule has 0 amide bonds. The topological polar surface area (TPSA) is 84.1 Å². The SMILES string of the molecule is CC(c1cccc(-n2cnnn2)c1)N(C)CCCC(=O)O. The highest BCUT2D eigenvalue weighted by Crippen LogP contribution is 2.21. The minimum Gasteiger partial charge on any atom is -0.481 e. The molecule has 0 aliphatic heterocycles. The largest absolute Gasteiger partial charge is 0.481 e. The van der Waals surface area contributed by atoms with Crippen LogP contribution in [-0.2, 0) is 4.79 Å². The van der Waals surface area contributed by atoms with Crippen molar-refractivity contribution >= 4 is 5.97 Å². The van der Waals surface area contributed by atoms with Gasteiger partial charge in [0, 0.05) is 12.5 Å². The standard InChI is InChI=1S/C14H19N5O2/c1-11(18(2)8-4-7-14(20)21)12-5-3-6-13(9-12)19-10-15-16-17-19/h3,5-6,9-11H,4,7-8H2,1-2H3,(H,20,21). The number of hydrogen-bond acceptors (Lipinski definition) is 5. The highest BCUT2D eigenvalue weighted by atomic mass is 16.4. The predicted molar refractivity (Wildman–Crippen MR) is 77.1 cm³/mol. The van der Waals surface area contributed by atoms with E-state index in [2.05, 4.69) is 27.3 Å². The maximum Gasteiger partial charge on any atom is 0.303 e. The van der Waals surface area contributed by atoms with Crippen LogP contribution in [0.2, 0.25) is 0 Å². The monoisotopic (exact) mass is 289 g/mol. The molecule has 1 aromatic carbocycles. The molecule has 1 heterocycles. The molecule has 2 aromatic rings. The van der Waals surface area contributed by atoms with Crippen LogP contribution in [0.5, 0.6) is 0 Å². The molecule has 21 heavy (non-hydrogen) atoms. The molecule has 1 N–H and O–H groups in total. The first-order chi connectivity index (χ1) is 10.1. The lowest BCUT2D eigenvalue weighted by Gasteiger charge is -2.25. The van der Waals surface area contributed by atoms with Gasteiger partial charge in [-0.3, -0.25) is 9.69 Å². The van der Waals surface area contributed by atoms with Gasteiger partial charge in [-0.05, 0) is 55.1 Å². The van der Waals surface area contributed by atoms with E-state index in [0.29, 0.717) is 6.42 Å². The number of aromatic nitrogens is 4. The molecular weight excluding hydrogens is 270 g/mol. The van der Waals surface area contributed by atoms with Crippen LogP contribution in [0.15, 0.2) is 30.6 Å². The van der Waals surface area contributed by atoms with Crippen LogP contribution in [-0.4, -0.2) is 49.8 Å². The Kier molecular flexibility index (Phi) is 4.99. The summed E-state index contributed by atoms with van der Waals surface area (Å²) in [5, 5.41) is 19.8. The Hall–Kier alpha value is -2.28. The first-order valence-corrected chi connectivity index (χ1v) is 6.83. The van der Waals surface area contributed by atoms with Crippen molar-refractivity contribution in [1.29, 1.82) is 0 Å². The van der Waals surface area contributed by atoms with Gasteiger partial charge in [0.15, 0.2) is 0 Å². The molecule has 0 saturated carbocycles. The van der Waals surface area contributed by atoms with Crippen LogP contribution in [0.25, 0.3) is 5.69 Å². The fourth-order valence-corrected chi connectivity index (χ4v) is 2.13. The van der Waals surface area contributed by atoms with Gasteiger partial charge in [-0.15, -0.1) is 5.10 Å². The summed E-state index contributed by atoms with van der Waals surface area (Å²) in [6.07, 6.45) is 2.39. The Morgan fingerprint density at radius 1 is 1.48 bits per heavy atom. The second-order valence-electron chi connectivity index (χ2n) is 5.00. The molecular formula is C14H19N5O2. The number of carbonyl (C=O) groups is 1. The molecule has 1 unspecified atom stereocenters. The van der Waals surface area contributed by atoms with E-state index >= 15 is 0 Å². The Morgan fingerprint density at radius 2 is 2.29 bits per heavy atom. The van der Waals surface area contributed by atoms with Crippen LogP contribution in [0.3, 0.4) is 0 Å². The van der Waals surface area contributed by atoms with Crippen molar-refractivity contribution in [3.8, 4) is 5.69 Å². The van der Waals surface area contributed by atoms with Gasteiger partial charge >= 0.3 is 5.97 Å². The zero-order chi connectivity index (χ0) is 15.2. The lowest BCUT2D eigenvalue weighted by molar-refractivity contribution is -0.137. The third-order valence-corrected chi connectivity index (χ3v) is 3.53. The van der Waals surface area contributed by atoms with E-state index in [0.717, 1.165) is 17.8 Å². The Labute approximate surface area is 123 Å². The van der Waals surface area contributed by atoms with Crippen molar-refractivity contribution < 1.29 is 9.90 Å². The normalized spacial score (nSPS) is 12.5. The van der Waals surface area contributed by atoms with E-state index in [1.807, 2.05) is 31.3 Å². The molecule has 7 nitrogen and oxygen atoms in total. The molecule has 0 radical (unpaired) electrons. The molecule has 0 bridgehead atoms. The smallest absolute Gasteiger partial charge is 0.303 e. The van der Waals surface area contributed by atoms with Crippen LogP contribution in [0, 0.1) is 0 Å². The van der Waals surface area contributed by atoms with Gasteiger partial charge in [-0.25, -0.2) is 4.68 Å². The fraction of sp³-hybridized carbons (Fsp3) is 0.429. The van der Waals surface area contributed by atoms with Crippen LogP contribution in [0.1, 0.15) is 31.4 Å². The molecule has 1 atom stereocenters. The summed E-state index contributed by atoms with van der Waals surface area (Å²) in [5.41, 5.74) is 2.05. The quantitative estimate of drug-likeness (QED) is 0.832. The van der Waals surface area contributed by atoms with Crippen LogP contribution >= 0.6 is 0 Å². The number of rotatable bonds is 7. The van der Waals surface area contributed by atoms with Crippen molar-refractivity contribution in [1.82, 2.24) is 25.1 Å². The van der Waals surface area contributed by atoms with Crippen molar-refractivity contribution in [2.75, 3.05) is 13.6 Å². The van der Waals surface area contributed by atoms with E-state index in [-0.39, 0.29) is 12.5 Å². The molecule has 112 valence electrons.